The van der Waals surface area contributed by atoms with Gasteiger partial charge in [-0.3, -0.25) is 0 Å². The zero-order valence-corrected chi connectivity index (χ0v) is 11.3. The Morgan fingerprint density at radius 2 is 1.94 bits per heavy atom. The molecule has 0 heterocycles. The van der Waals surface area contributed by atoms with E-state index in [1.54, 1.807) is 24.3 Å². The summed E-state index contributed by atoms with van der Waals surface area (Å²) in [7, 11) is 0. The van der Waals surface area contributed by atoms with Crippen molar-refractivity contribution in [3.63, 3.8) is 0 Å². The second kappa shape index (κ2) is 5.23. The van der Waals surface area contributed by atoms with Crippen LogP contribution in [0.4, 0.5) is 0 Å². The Morgan fingerprint density at radius 3 is 2.61 bits per heavy atom. The summed E-state index contributed by atoms with van der Waals surface area (Å²) in [6.45, 7) is 1.95. The second-order valence-electron chi connectivity index (χ2n) is 3.84. The van der Waals surface area contributed by atoms with E-state index in [1.807, 2.05) is 25.1 Å². The maximum absolute atomic E-state index is 11.2. The molecule has 0 bridgehead atoms. The Labute approximate surface area is 113 Å². The van der Waals surface area contributed by atoms with E-state index in [4.69, 9.17) is 9.84 Å². The van der Waals surface area contributed by atoms with Crippen molar-refractivity contribution in [2.24, 2.45) is 0 Å². The molecular formula is C14H11BrO3. The topological polar surface area (TPSA) is 46.5 Å². The zero-order valence-electron chi connectivity index (χ0n) is 9.68. The van der Waals surface area contributed by atoms with Crippen LogP contribution in [0, 0.1) is 6.92 Å². The summed E-state index contributed by atoms with van der Waals surface area (Å²) < 4.78 is 6.12. The second-order valence-corrected chi connectivity index (χ2v) is 4.69. The monoisotopic (exact) mass is 306 g/mol. The molecule has 0 aliphatic rings. The van der Waals surface area contributed by atoms with Gasteiger partial charge in [0.25, 0.3) is 0 Å². The van der Waals surface area contributed by atoms with Crippen LogP contribution in [-0.4, -0.2) is 11.1 Å². The summed E-state index contributed by atoms with van der Waals surface area (Å²) in [5.74, 6) is -0.0804. The number of hydrogen-bond donors (Lipinski definition) is 1. The maximum atomic E-state index is 11.2. The van der Waals surface area contributed by atoms with Crippen molar-refractivity contribution < 1.29 is 14.6 Å². The first-order chi connectivity index (χ1) is 8.58. The smallest absolute Gasteiger partial charge is 0.340 e. The minimum atomic E-state index is -1.02. The van der Waals surface area contributed by atoms with E-state index in [0.717, 1.165) is 5.56 Å². The van der Waals surface area contributed by atoms with E-state index in [0.29, 0.717) is 16.0 Å². The van der Waals surface area contributed by atoms with Crippen LogP contribution in [0.1, 0.15) is 15.9 Å². The molecule has 0 atom stereocenters. The van der Waals surface area contributed by atoms with Gasteiger partial charge >= 0.3 is 5.97 Å². The SMILES string of the molecule is Cc1cccc(Oc2cccc(Br)c2C(=O)O)c1. The molecule has 2 aromatic carbocycles. The van der Waals surface area contributed by atoms with Crippen molar-refractivity contribution in [1.82, 2.24) is 0 Å². The van der Waals surface area contributed by atoms with Crippen molar-refractivity contribution >= 4 is 21.9 Å². The molecule has 0 radical (unpaired) electrons. The van der Waals surface area contributed by atoms with Crippen LogP contribution in [0.5, 0.6) is 11.5 Å². The van der Waals surface area contributed by atoms with Gasteiger partial charge in [0.1, 0.15) is 17.1 Å². The van der Waals surface area contributed by atoms with Gasteiger partial charge in [0.15, 0.2) is 0 Å². The normalized spacial score (nSPS) is 10.1. The molecule has 0 aliphatic carbocycles. The number of carboxylic acid groups (broad SMARTS) is 1. The van der Waals surface area contributed by atoms with Gasteiger partial charge in [-0.15, -0.1) is 0 Å². The molecule has 2 aromatic rings. The predicted octanol–water partition coefficient (Wildman–Crippen LogP) is 4.25. The summed E-state index contributed by atoms with van der Waals surface area (Å²) in [4.78, 5) is 11.2. The average Bonchev–Trinajstić information content (AvgIpc) is 2.28. The van der Waals surface area contributed by atoms with Crippen LogP contribution in [0.15, 0.2) is 46.9 Å². The van der Waals surface area contributed by atoms with Crippen molar-refractivity contribution in [3.8, 4) is 11.5 Å². The molecule has 92 valence electrons. The first kappa shape index (κ1) is 12.6. The van der Waals surface area contributed by atoms with Gasteiger partial charge in [0.05, 0.1) is 0 Å². The lowest BCUT2D eigenvalue weighted by Crippen LogP contribution is -2.01. The van der Waals surface area contributed by atoms with Crippen LogP contribution in [-0.2, 0) is 0 Å². The lowest BCUT2D eigenvalue weighted by atomic mass is 10.2. The highest BCUT2D eigenvalue weighted by Crippen LogP contribution is 2.30. The largest absolute Gasteiger partial charge is 0.478 e. The number of benzene rings is 2. The van der Waals surface area contributed by atoms with Crippen molar-refractivity contribution in [2.45, 2.75) is 6.92 Å². The van der Waals surface area contributed by atoms with E-state index in [-0.39, 0.29) is 5.56 Å². The van der Waals surface area contributed by atoms with Crippen LogP contribution in [0.3, 0.4) is 0 Å². The number of carboxylic acids is 1. The fourth-order valence-corrected chi connectivity index (χ4v) is 2.12. The summed E-state index contributed by atoms with van der Waals surface area (Å²) >= 11 is 3.21. The number of carbonyl (C=O) groups is 1. The number of ether oxygens (including phenoxy) is 1. The number of hydrogen-bond acceptors (Lipinski definition) is 2. The minimum absolute atomic E-state index is 0.124. The molecule has 0 saturated heterocycles. The molecule has 0 saturated carbocycles. The Bertz CT molecular complexity index is 593. The maximum Gasteiger partial charge on any atom is 0.340 e. The van der Waals surface area contributed by atoms with Gasteiger partial charge in [-0.25, -0.2) is 4.79 Å². The zero-order chi connectivity index (χ0) is 13.1. The number of halogens is 1. The Morgan fingerprint density at radius 1 is 1.22 bits per heavy atom. The molecule has 0 unspecified atom stereocenters. The van der Waals surface area contributed by atoms with E-state index < -0.39 is 5.97 Å². The van der Waals surface area contributed by atoms with Gasteiger partial charge in [0.2, 0.25) is 0 Å². The van der Waals surface area contributed by atoms with Crippen molar-refractivity contribution in [3.05, 3.63) is 58.1 Å². The molecule has 0 aliphatic heterocycles. The Kier molecular flexibility index (Phi) is 3.67. The highest BCUT2D eigenvalue weighted by molar-refractivity contribution is 9.10. The molecular weight excluding hydrogens is 296 g/mol. The van der Waals surface area contributed by atoms with Crippen LogP contribution in [0.2, 0.25) is 0 Å². The van der Waals surface area contributed by atoms with Gasteiger partial charge < -0.3 is 9.84 Å². The number of rotatable bonds is 3. The third-order valence-corrected chi connectivity index (χ3v) is 3.07. The summed E-state index contributed by atoms with van der Waals surface area (Å²) in [6.07, 6.45) is 0. The summed E-state index contributed by atoms with van der Waals surface area (Å²) in [5.41, 5.74) is 1.18. The molecule has 0 fully saturated rings. The van der Waals surface area contributed by atoms with E-state index in [2.05, 4.69) is 15.9 Å². The number of aryl methyl sites for hydroxylation is 1. The lowest BCUT2D eigenvalue weighted by Gasteiger charge is -2.10. The first-order valence-electron chi connectivity index (χ1n) is 5.34. The van der Waals surface area contributed by atoms with E-state index >= 15 is 0 Å². The first-order valence-corrected chi connectivity index (χ1v) is 6.13. The van der Waals surface area contributed by atoms with Crippen LogP contribution >= 0.6 is 15.9 Å². The van der Waals surface area contributed by atoms with Crippen LogP contribution in [0.25, 0.3) is 0 Å². The average molecular weight is 307 g/mol. The molecule has 3 nitrogen and oxygen atoms in total. The number of aromatic carboxylic acids is 1. The predicted molar refractivity (Wildman–Crippen MR) is 72.4 cm³/mol. The fraction of sp³-hybridized carbons (Fsp3) is 0.0714. The van der Waals surface area contributed by atoms with E-state index in [1.165, 1.54) is 0 Å². The fourth-order valence-electron chi connectivity index (χ4n) is 1.60. The van der Waals surface area contributed by atoms with Crippen molar-refractivity contribution in [1.29, 1.82) is 0 Å². The van der Waals surface area contributed by atoms with Gasteiger partial charge in [-0.05, 0) is 52.7 Å². The van der Waals surface area contributed by atoms with E-state index in [9.17, 15) is 4.79 Å². The molecule has 0 amide bonds. The highest BCUT2D eigenvalue weighted by atomic mass is 79.9. The quantitative estimate of drug-likeness (QED) is 0.922. The third-order valence-electron chi connectivity index (χ3n) is 2.41. The Hall–Kier alpha value is -1.81. The standard InChI is InChI=1S/C14H11BrO3/c1-9-4-2-5-10(8-9)18-12-7-3-6-11(15)13(12)14(16)17/h2-8H,1H3,(H,16,17). The molecule has 0 aromatic heterocycles. The summed E-state index contributed by atoms with van der Waals surface area (Å²) in [6, 6.07) is 12.5. The van der Waals surface area contributed by atoms with Gasteiger partial charge in [0, 0.05) is 4.47 Å². The molecule has 1 N–H and O–H groups in total. The summed E-state index contributed by atoms with van der Waals surface area (Å²) in [5, 5.41) is 9.17. The van der Waals surface area contributed by atoms with Gasteiger partial charge in [-0.1, -0.05) is 18.2 Å². The van der Waals surface area contributed by atoms with Gasteiger partial charge in [-0.2, -0.15) is 0 Å². The molecule has 0 spiro atoms. The van der Waals surface area contributed by atoms with Crippen molar-refractivity contribution in [2.75, 3.05) is 0 Å². The lowest BCUT2D eigenvalue weighted by molar-refractivity contribution is 0.0693. The molecule has 4 heteroatoms. The third kappa shape index (κ3) is 2.71. The molecule has 2 rings (SSSR count). The van der Waals surface area contributed by atoms with Crippen LogP contribution < -0.4 is 4.74 Å². The minimum Gasteiger partial charge on any atom is -0.478 e. The Balaban J connectivity index is 2.40. The molecule has 18 heavy (non-hydrogen) atoms. The highest BCUT2D eigenvalue weighted by Gasteiger charge is 2.15.